The lowest BCUT2D eigenvalue weighted by molar-refractivity contribution is 0.317. The fourth-order valence-corrected chi connectivity index (χ4v) is 4.12. The van der Waals surface area contributed by atoms with Gasteiger partial charge in [0.2, 0.25) is 5.95 Å². The summed E-state index contributed by atoms with van der Waals surface area (Å²) in [4.78, 5) is 13.3. The smallest absolute Gasteiger partial charge is 0.223 e. The number of likely N-dealkylation sites (tertiary alicyclic amines) is 1. The lowest BCUT2D eigenvalue weighted by Crippen LogP contribution is -2.34. The molecule has 2 aliphatic rings. The van der Waals surface area contributed by atoms with Crippen LogP contribution >= 0.6 is 0 Å². The van der Waals surface area contributed by atoms with E-state index in [1.165, 1.54) is 25.9 Å². The summed E-state index contributed by atoms with van der Waals surface area (Å²) in [5.41, 5.74) is 5.84. The Kier molecular flexibility index (Phi) is 5.11. The van der Waals surface area contributed by atoms with Crippen molar-refractivity contribution in [3.63, 3.8) is 0 Å². The molecule has 2 saturated heterocycles. The van der Waals surface area contributed by atoms with Crippen molar-refractivity contribution in [2.45, 2.75) is 38.1 Å². The zero-order valence-electron chi connectivity index (χ0n) is 16.2. The summed E-state index contributed by atoms with van der Waals surface area (Å²) < 4.78 is 2.21. The molecule has 4 rings (SSSR count). The number of nitrogens with one attached hydrogen (secondary N) is 1. The first-order valence-corrected chi connectivity index (χ1v) is 9.82. The number of nitrogens with zero attached hydrogens (tertiary/aromatic N) is 7. The number of rotatable bonds is 5. The molecule has 146 valence electrons. The largest absolute Gasteiger partial charge is 0.373 e. The van der Waals surface area contributed by atoms with Gasteiger partial charge in [-0.05, 0) is 38.8 Å². The van der Waals surface area contributed by atoms with Crippen molar-refractivity contribution in [1.82, 2.24) is 29.6 Å². The molecule has 0 spiro atoms. The van der Waals surface area contributed by atoms with E-state index in [9.17, 15) is 0 Å². The van der Waals surface area contributed by atoms with Crippen molar-refractivity contribution in [2.24, 2.45) is 7.05 Å². The summed E-state index contributed by atoms with van der Waals surface area (Å²) in [7, 11) is 3.95. The molecule has 0 amide bonds. The van der Waals surface area contributed by atoms with Gasteiger partial charge in [-0.1, -0.05) is 0 Å². The van der Waals surface area contributed by atoms with Gasteiger partial charge in [0.25, 0.3) is 0 Å². The Morgan fingerprint density at radius 3 is 2.56 bits per heavy atom. The number of hydrogen-bond donors (Lipinski definition) is 2. The lowest BCUT2D eigenvalue weighted by Gasteiger charge is -2.32. The molecule has 0 unspecified atom stereocenters. The lowest BCUT2D eigenvalue weighted by atomic mass is 9.96. The van der Waals surface area contributed by atoms with E-state index in [4.69, 9.17) is 5.73 Å². The number of nitrogen functional groups attached to an aromatic ring is 1. The molecule has 2 aliphatic heterocycles. The van der Waals surface area contributed by atoms with Crippen molar-refractivity contribution in [3.8, 4) is 0 Å². The molecule has 2 aromatic heterocycles. The highest BCUT2D eigenvalue weighted by molar-refractivity contribution is 5.52. The van der Waals surface area contributed by atoms with E-state index in [-0.39, 0.29) is 0 Å². The van der Waals surface area contributed by atoms with Crippen LogP contribution in [0.3, 0.4) is 0 Å². The van der Waals surface area contributed by atoms with E-state index in [1.54, 1.807) is 0 Å². The highest BCUT2D eigenvalue weighted by atomic mass is 15.3. The van der Waals surface area contributed by atoms with Gasteiger partial charge in [0.05, 0.1) is 6.54 Å². The Hall–Kier alpha value is -2.42. The molecule has 3 N–H and O–H groups in total. The van der Waals surface area contributed by atoms with Crippen molar-refractivity contribution in [2.75, 3.05) is 49.2 Å². The summed E-state index contributed by atoms with van der Waals surface area (Å²) >= 11 is 0. The van der Waals surface area contributed by atoms with Gasteiger partial charge in [-0.25, -0.2) is 0 Å². The van der Waals surface area contributed by atoms with Gasteiger partial charge in [-0.3, -0.25) is 4.90 Å². The second kappa shape index (κ2) is 7.67. The summed E-state index contributed by atoms with van der Waals surface area (Å²) in [6.45, 7) is 5.13. The summed E-state index contributed by atoms with van der Waals surface area (Å²) in [5, 5.41) is 12.0. The Labute approximate surface area is 160 Å². The van der Waals surface area contributed by atoms with Crippen LogP contribution in [0.4, 0.5) is 17.6 Å². The minimum absolute atomic E-state index is 0.304. The number of aromatic nitrogens is 5. The molecule has 9 heteroatoms. The maximum atomic E-state index is 5.84. The van der Waals surface area contributed by atoms with Gasteiger partial charge >= 0.3 is 0 Å². The second-order valence-electron chi connectivity index (χ2n) is 7.50. The van der Waals surface area contributed by atoms with Crippen LogP contribution in [0.15, 0.2) is 6.07 Å². The molecule has 0 bridgehead atoms. The molecule has 0 aromatic carbocycles. The van der Waals surface area contributed by atoms with Crippen molar-refractivity contribution < 1.29 is 0 Å². The van der Waals surface area contributed by atoms with Crippen LogP contribution in [0, 0.1) is 0 Å². The number of piperidine rings is 1. The molecule has 2 fully saturated rings. The molecule has 9 nitrogen and oxygen atoms in total. The third kappa shape index (κ3) is 3.83. The Bertz CT molecular complexity index is 773. The second-order valence-corrected chi connectivity index (χ2v) is 7.50. The fraction of sp³-hybridized carbons (Fsp3) is 0.667. The topological polar surface area (TPSA) is 101 Å². The first kappa shape index (κ1) is 18.0. The first-order chi connectivity index (χ1) is 13.1. The van der Waals surface area contributed by atoms with Gasteiger partial charge in [0.15, 0.2) is 0 Å². The summed E-state index contributed by atoms with van der Waals surface area (Å²) in [6, 6.07) is 1.95. The van der Waals surface area contributed by atoms with Crippen LogP contribution in [0.25, 0.3) is 0 Å². The average Bonchev–Trinajstić information content (AvgIpc) is 3.32. The van der Waals surface area contributed by atoms with Crippen LogP contribution in [0.1, 0.15) is 43.3 Å². The minimum Gasteiger partial charge on any atom is -0.373 e. The van der Waals surface area contributed by atoms with E-state index in [0.29, 0.717) is 11.9 Å². The molecule has 0 atom stereocenters. The third-order valence-electron chi connectivity index (χ3n) is 5.73. The maximum absolute atomic E-state index is 5.84. The van der Waals surface area contributed by atoms with Crippen LogP contribution in [0.2, 0.25) is 0 Å². The number of nitrogens with two attached hydrogens (primary N) is 1. The van der Waals surface area contributed by atoms with E-state index in [0.717, 1.165) is 55.8 Å². The van der Waals surface area contributed by atoms with Crippen molar-refractivity contribution >= 4 is 17.6 Å². The van der Waals surface area contributed by atoms with Gasteiger partial charge in [-0.15, -0.1) is 10.2 Å². The summed E-state index contributed by atoms with van der Waals surface area (Å²) in [5.74, 6) is 4.57. The zero-order chi connectivity index (χ0) is 18.8. The molecule has 4 heterocycles. The molecule has 2 aromatic rings. The molecule has 0 aliphatic carbocycles. The zero-order valence-corrected chi connectivity index (χ0v) is 16.2. The highest BCUT2D eigenvalue weighted by Gasteiger charge is 2.27. The molecular formula is C18H29N9. The average molecular weight is 371 g/mol. The van der Waals surface area contributed by atoms with Crippen LogP contribution in [0.5, 0.6) is 0 Å². The summed E-state index contributed by atoms with van der Waals surface area (Å²) in [6.07, 6.45) is 4.67. The van der Waals surface area contributed by atoms with E-state index in [1.807, 2.05) is 13.1 Å². The number of hydrogen-bond acceptors (Lipinski definition) is 8. The Balaban J connectivity index is 1.40. The van der Waals surface area contributed by atoms with Crippen LogP contribution < -0.4 is 16.0 Å². The highest BCUT2D eigenvalue weighted by Crippen LogP contribution is 2.30. The first-order valence-electron chi connectivity index (χ1n) is 9.82. The fourth-order valence-electron chi connectivity index (χ4n) is 4.12. The molecule has 0 saturated carbocycles. The van der Waals surface area contributed by atoms with Gasteiger partial charge in [0, 0.05) is 39.2 Å². The van der Waals surface area contributed by atoms with Gasteiger partial charge in [0.1, 0.15) is 23.3 Å². The van der Waals surface area contributed by atoms with Gasteiger partial charge in [-0.2, -0.15) is 9.97 Å². The normalized spacial score (nSPS) is 19.0. The maximum Gasteiger partial charge on any atom is 0.223 e. The molecular weight excluding hydrogens is 342 g/mol. The van der Waals surface area contributed by atoms with Gasteiger partial charge < -0.3 is 20.5 Å². The van der Waals surface area contributed by atoms with Crippen LogP contribution in [-0.4, -0.2) is 62.9 Å². The quantitative estimate of drug-likeness (QED) is 0.809. The Morgan fingerprint density at radius 2 is 1.85 bits per heavy atom. The standard InChI is InChI=1S/C18H29N9/c1-20-14-11-15(22-18(19)21-14)27-9-5-13(6-10-27)17-24-23-16(25(17)2)12-26-7-3-4-8-26/h11,13H,3-10,12H2,1-2H3,(H3,19,20,21,22). The predicted octanol–water partition coefficient (Wildman–Crippen LogP) is 1.21. The van der Waals surface area contributed by atoms with Crippen LogP contribution in [-0.2, 0) is 13.6 Å². The molecule has 27 heavy (non-hydrogen) atoms. The van der Waals surface area contributed by atoms with Crippen molar-refractivity contribution in [3.05, 3.63) is 17.7 Å². The third-order valence-corrected chi connectivity index (χ3v) is 5.73. The van der Waals surface area contributed by atoms with E-state index in [2.05, 4.69) is 46.9 Å². The van der Waals surface area contributed by atoms with E-state index < -0.39 is 0 Å². The predicted molar refractivity (Wildman–Crippen MR) is 106 cm³/mol. The molecule has 0 radical (unpaired) electrons. The SMILES string of the molecule is CNc1cc(N2CCC(c3nnc(CN4CCCC4)n3C)CC2)nc(N)n1. The van der Waals surface area contributed by atoms with E-state index >= 15 is 0 Å². The Morgan fingerprint density at radius 1 is 1.11 bits per heavy atom. The monoisotopic (exact) mass is 371 g/mol. The number of anilines is 3. The minimum atomic E-state index is 0.304. The van der Waals surface area contributed by atoms with Crippen molar-refractivity contribution in [1.29, 1.82) is 0 Å².